The first-order chi connectivity index (χ1) is 10.0. The lowest BCUT2D eigenvalue weighted by Gasteiger charge is -2.09. The highest BCUT2D eigenvalue weighted by Gasteiger charge is 2.27. The number of ether oxygens (including phenoxy) is 6. The number of cyclic esters (lactones) is 2. The van der Waals surface area contributed by atoms with Crippen LogP contribution in [0.4, 0.5) is 4.79 Å². The summed E-state index contributed by atoms with van der Waals surface area (Å²) in [7, 11) is 0. The topological polar surface area (TPSA) is 107 Å². The number of carbonyl (C=O) groups is 3. The Labute approximate surface area is 119 Å². The van der Waals surface area contributed by atoms with Crippen LogP contribution in [-0.4, -0.2) is 56.7 Å². The monoisotopic (exact) mass is 302 g/mol. The average Bonchev–Trinajstić information content (AvgIpc) is 3.03. The maximum absolute atomic E-state index is 11.4. The lowest BCUT2D eigenvalue weighted by Crippen LogP contribution is -2.24. The zero-order chi connectivity index (χ0) is 15.2. The Hall–Kier alpha value is -2.45. The lowest BCUT2D eigenvalue weighted by atomic mass is 10.4. The maximum atomic E-state index is 11.4. The summed E-state index contributed by atoms with van der Waals surface area (Å²) in [4.78, 5) is 33.4. The van der Waals surface area contributed by atoms with Crippen LogP contribution in [0, 0.1) is 0 Å². The van der Waals surface area contributed by atoms with Gasteiger partial charge in [0.2, 0.25) is 0 Å². The van der Waals surface area contributed by atoms with E-state index >= 15 is 0 Å². The summed E-state index contributed by atoms with van der Waals surface area (Å²) in [5.74, 6) is -1.36. The third-order valence-electron chi connectivity index (χ3n) is 2.53. The summed E-state index contributed by atoms with van der Waals surface area (Å²) in [5, 5.41) is 0. The molecule has 0 aromatic heterocycles. The molecule has 0 spiro atoms. The molecule has 0 radical (unpaired) electrons. The molecule has 2 atom stereocenters. The third kappa shape index (κ3) is 4.86. The zero-order valence-electron chi connectivity index (χ0n) is 11.1. The van der Waals surface area contributed by atoms with Crippen molar-refractivity contribution >= 4 is 18.1 Å². The fourth-order valence-electron chi connectivity index (χ4n) is 1.56. The SMILES string of the molecule is C=C1OCC(COC(=O)CC(=O)OCC2COC(=O)O2)O1. The molecule has 2 aliphatic rings. The summed E-state index contributed by atoms with van der Waals surface area (Å²) in [5.41, 5.74) is 0. The molecule has 0 aromatic carbocycles. The fourth-order valence-corrected chi connectivity index (χ4v) is 1.56. The minimum atomic E-state index is -0.809. The van der Waals surface area contributed by atoms with Crippen LogP contribution in [0.1, 0.15) is 6.42 Å². The Morgan fingerprint density at radius 1 is 1.05 bits per heavy atom. The van der Waals surface area contributed by atoms with Gasteiger partial charge in [0, 0.05) is 0 Å². The fraction of sp³-hybridized carbons (Fsp3) is 0.583. The van der Waals surface area contributed by atoms with Gasteiger partial charge in [0.15, 0.2) is 12.2 Å². The molecule has 0 N–H and O–H groups in total. The van der Waals surface area contributed by atoms with Gasteiger partial charge in [-0.1, -0.05) is 0 Å². The van der Waals surface area contributed by atoms with Crippen molar-refractivity contribution in [3.05, 3.63) is 12.5 Å². The first-order valence-electron chi connectivity index (χ1n) is 6.16. The molecular weight excluding hydrogens is 288 g/mol. The van der Waals surface area contributed by atoms with Gasteiger partial charge in [-0.15, -0.1) is 0 Å². The van der Waals surface area contributed by atoms with Crippen LogP contribution in [0.2, 0.25) is 0 Å². The van der Waals surface area contributed by atoms with Gasteiger partial charge in [-0.05, 0) is 6.58 Å². The lowest BCUT2D eigenvalue weighted by molar-refractivity contribution is -0.157. The van der Waals surface area contributed by atoms with E-state index in [1.807, 2.05) is 0 Å². The molecule has 21 heavy (non-hydrogen) atoms. The summed E-state index contributed by atoms with van der Waals surface area (Å²) >= 11 is 0. The average molecular weight is 302 g/mol. The molecule has 2 saturated heterocycles. The van der Waals surface area contributed by atoms with Gasteiger partial charge in [-0.25, -0.2) is 4.79 Å². The van der Waals surface area contributed by atoms with Gasteiger partial charge in [-0.3, -0.25) is 9.59 Å². The van der Waals surface area contributed by atoms with Crippen molar-refractivity contribution in [1.82, 2.24) is 0 Å². The van der Waals surface area contributed by atoms with Crippen LogP contribution in [0.3, 0.4) is 0 Å². The van der Waals surface area contributed by atoms with Crippen LogP contribution >= 0.6 is 0 Å². The van der Waals surface area contributed by atoms with Crippen LogP contribution in [0.15, 0.2) is 12.5 Å². The largest absolute Gasteiger partial charge is 0.508 e. The van der Waals surface area contributed by atoms with E-state index in [9.17, 15) is 14.4 Å². The van der Waals surface area contributed by atoms with Crippen LogP contribution in [-0.2, 0) is 38.0 Å². The number of hydrogen-bond acceptors (Lipinski definition) is 9. The molecule has 2 heterocycles. The maximum Gasteiger partial charge on any atom is 0.508 e. The molecule has 0 amide bonds. The normalized spacial score (nSPS) is 23.6. The number of rotatable bonds is 6. The Kier molecular flexibility index (Phi) is 4.85. The van der Waals surface area contributed by atoms with Crippen molar-refractivity contribution in [3.63, 3.8) is 0 Å². The van der Waals surface area contributed by atoms with E-state index in [-0.39, 0.29) is 32.4 Å². The number of esters is 2. The third-order valence-corrected chi connectivity index (χ3v) is 2.53. The predicted octanol–water partition coefficient (Wildman–Crippen LogP) is -0.115. The smallest absolute Gasteiger partial charge is 0.462 e. The zero-order valence-corrected chi connectivity index (χ0v) is 11.1. The molecule has 2 unspecified atom stereocenters. The number of carbonyl (C=O) groups excluding carboxylic acids is 3. The molecule has 9 heteroatoms. The van der Waals surface area contributed by atoms with Crippen LogP contribution < -0.4 is 0 Å². The first kappa shape index (κ1) is 14.9. The highest BCUT2D eigenvalue weighted by atomic mass is 16.8. The first-order valence-corrected chi connectivity index (χ1v) is 6.16. The van der Waals surface area contributed by atoms with Crippen molar-refractivity contribution in [2.75, 3.05) is 26.4 Å². The minimum absolute atomic E-state index is 0.0134. The Balaban J connectivity index is 1.57. The molecule has 9 nitrogen and oxygen atoms in total. The van der Waals surface area contributed by atoms with Gasteiger partial charge in [-0.2, -0.15) is 0 Å². The summed E-state index contributed by atoms with van der Waals surface area (Å²) < 4.78 is 28.8. The molecule has 0 aromatic rings. The molecule has 2 fully saturated rings. The van der Waals surface area contributed by atoms with Gasteiger partial charge >= 0.3 is 18.1 Å². The molecule has 116 valence electrons. The minimum Gasteiger partial charge on any atom is -0.462 e. The van der Waals surface area contributed by atoms with Crippen molar-refractivity contribution in [3.8, 4) is 0 Å². The van der Waals surface area contributed by atoms with Crippen molar-refractivity contribution in [2.24, 2.45) is 0 Å². The van der Waals surface area contributed by atoms with Gasteiger partial charge in [0.05, 0.1) is 0 Å². The predicted molar refractivity (Wildman–Crippen MR) is 62.7 cm³/mol. The second-order valence-electron chi connectivity index (χ2n) is 4.27. The van der Waals surface area contributed by atoms with Crippen molar-refractivity contribution in [1.29, 1.82) is 0 Å². The quantitative estimate of drug-likeness (QED) is 0.377. The standard InChI is InChI=1S/C12H14O9/c1-7-16-3-8(20-7)4-17-10(13)2-11(14)18-5-9-6-19-12(15)21-9/h8-9H,1-6H2. The van der Waals surface area contributed by atoms with E-state index in [2.05, 4.69) is 16.1 Å². The molecule has 0 saturated carbocycles. The van der Waals surface area contributed by atoms with E-state index in [0.717, 1.165) is 0 Å². The van der Waals surface area contributed by atoms with Crippen molar-refractivity contribution in [2.45, 2.75) is 18.6 Å². The van der Waals surface area contributed by atoms with Gasteiger partial charge < -0.3 is 28.4 Å². The molecular formula is C12H14O9. The van der Waals surface area contributed by atoms with E-state index in [1.54, 1.807) is 0 Å². The van der Waals surface area contributed by atoms with Gasteiger partial charge in [0.1, 0.15) is 32.8 Å². The van der Waals surface area contributed by atoms with E-state index < -0.39 is 36.7 Å². The number of hydrogen-bond donors (Lipinski definition) is 0. The van der Waals surface area contributed by atoms with Crippen LogP contribution in [0.25, 0.3) is 0 Å². The van der Waals surface area contributed by atoms with Crippen LogP contribution in [0.5, 0.6) is 0 Å². The Morgan fingerprint density at radius 3 is 2.10 bits per heavy atom. The molecule has 2 rings (SSSR count). The van der Waals surface area contributed by atoms with E-state index in [4.69, 9.17) is 18.9 Å². The highest BCUT2D eigenvalue weighted by molar-refractivity contribution is 5.91. The summed E-state index contributed by atoms with van der Waals surface area (Å²) in [6, 6.07) is 0. The second-order valence-corrected chi connectivity index (χ2v) is 4.27. The molecule has 0 bridgehead atoms. The summed E-state index contributed by atoms with van der Waals surface area (Å²) in [6.45, 7) is 3.48. The summed E-state index contributed by atoms with van der Waals surface area (Å²) in [6.07, 6.45) is -2.42. The molecule has 0 aliphatic carbocycles. The van der Waals surface area contributed by atoms with Gasteiger partial charge in [0.25, 0.3) is 5.95 Å². The highest BCUT2D eigenvalue weighted by Crippen LogP contribution is 2.13. The Bertz CT molecular complexity index is 404. The Morgan fingerprint density at radius 2 is 1.62 bits per heavy atom. The van der Waals surface area contributed by atoms with Crippen molar-refractivity contribution < 1.29 is 42.8 Å². The molecule has 2 aliphatic heterocycles. The van der Waals surface area contributed by atoms with E-state index in [0.29, 0.717) is 0 Å². The second kappa shape index (κ2) is 6.82. The van der Waals surface area contributed by atoms with E-state index in [1.165, 1.54) is 0 Å².